The molecule has 0 heterocycles. The molecule has 0 radical (unpaired) electrons. The fourth-order valence-electron chi connectivity index (χ4n) is 1.15. The quantitative estimate of drug-likeness (QED) is 0.871. The van der Waals surface area contributed by atoms with E-state index in [2.05, 4.69) is 0 Å². The first kappa shape index (κ1) is 13.6. The van der Waals surface area contributed by atoms with Crippen molar-refractivity contribution in [2.75, 3.05) is 0 Å². The molecule has 1 aromatic rings. The van der Waals surface area contributed by atoms with Gasteiger partial charge < -0.3 is 10.8 Å². The van der Waals surface area contributed by atoms with Crippen LogP contribution in [-0.2, 0) is 0 Å². The zero-order chi connectivity index (χ0) is 12.5. The van der Waals surface area contributed by atoms with Gasteiger partial charge in [-0.25, -0.2) is 0 Å². The summed E-state index contributed by atoms with van der Waals surface area (Å²) >= 11 is 11.3. The summed E-state index contributed by atoms with van der Waals surface area (Å²) in [6.45, 7) is 0. The lowest BCUT2D eigenvalue weighted by Crippen LogP contribution is -2.39. The molecule has 0 saturated heterocycles. The normalized spacial score (nSPS) is 15.9. The molecule has 7 heteroatoms. The molecular weight excluding hydrogens is 266 g/mol. The van der Waals surface area contributed by atoms with E-state index in [9.17, 15) is 13.2 Å². The van der Waals surface area contributed by atoms with Crippen LogP contribution in [0.1, 0.15) is 11.6 Å². The Bertz CT molecular complexity index is 384. The summed E-state index contributed by atoms with van der Waals surface area (Å²) in [6, 6.07) is 2.45. The second-order valence-electron chi connectivity index (χ2n) is 3.16. The van der Waals surface area contributed by atoms with Crippen molar-refractivity contribution in [2.45, 2.75) is 18.3 Å². The first-order valence-electron chi connectivity index (χ1n) is 4.19. The van der Waals surface area contributed by atoms with E-state index in [1.165, 1.54) is 18.2 Å². The van der Waals surface area contributed by atoms with Crippen LogP contribution in [-0.4, -0.2) is 17.4 Å². The van der Waals surface area contributed by atoms with Crippen molar-refractivity contribution in [3.63, 3.8) is 0 Å². The van der Waals surface area contributed by atoms with Gasteiger partial charge in [0, 0.05) is 0 Å². The highest BCUT2D eigenvalue weighted by Crippen LogP contribution is 2.34. The number of benzene rings is 1. The van der Waals surface area contributed by atoms with E-state index in [1.54, 1.807) is 0 Å². The maximum atomic E-state index is 12.2. The number of rotatable bonds is 2. The fraction of sp³-hybridized carbons (Fsp3) is 0.333. The summed E-state index contributed by atoms with van der Waals surface area (Å²) in [5.41, 5.74) is 5.24. The average Bonchev–Trinajstić information content (AvgIpc) is 2.18. The van der Waals surface area contributed by atoms with Crippen LogP contribution >= 0.6 is 23.2 Å². The minimum absolute atomic E-state index is 0.0426. The summed E-state index contributed by atoms with van der Waals surface area (Å²) in [4.78, 5) is 0. The van der Waals surface area contributed by atoms with Gasteiger partial charge in [0.15, 0.2) is 6.10 Å². The molecule has 0 aliphatic carbocycles. The molecule has 0 aromatic heterocycles. The molecule has 0 fully saturated rings. The van der Waals surface area contributed by atoms with Gasteiger partial charge in [0.2, 0.25) is 0 Å². The summed E-state index contributed by atoms with van der Waals surface area (Å²) in [7, 11) is 0. The lowest BCUT2D eigenvalue weighted by atomic mass is 10.0. The Morgan fingerprint density at radius 3 is 2.31 bits per heavy atom. The second kappa shape index (κ2) is 4.79. The summed E-state index contributed by atoms with van der Waals surface area (Å²) in [6.07, 6.45) is -7.48. The zero-order valence-corrected chi connectivity index (χ0v) is 9.31. The van der Waals surface area contributed by atoms with Gasteiger partial charge in [-0.05, 0) is 11.6 Å². The molecule has 0 spiro atoms. The number of hydrogen-bond donors (Lipinski definition) is 2. The van der Waals surface area contributed by atoms with Gasteiger partial charge in [0.05, 0.1) is 16.1 Å². The zero-order valence-electron chi connectivity index (χ0n) is 7.80. The number of hydrogen-bond acceptors (Lipinski definition) is 2. The number of aliphatic hydroxyl groups excluding tert-OH is 1. The van der Waals surface area contributed by atoms with Crippen molar-refractivity contribution in [1.82, 2.24) is 0 Å². The van der Waals surface area contributed by atoms with Crippen LogP contribution in [0.4, 0.5) is 13.2 Å². The van der Waals surface area contributed by atoms with E-state index in [0.29, 0.717) is 0 Å². The molecule has 16 heavy (non-hydrogen) atoms. The van der Waals surface area contributed by atoms with E-state index in [0.717, 1.165) is 0 Å². The standard InChI is InChI=1S/C9H8Cl2F3NO/c10-5-3-1-2-4(6(5)11)7(15)8(16)9(12,13)14/h1-3,7-8,16H,15H2/t7-,8-/m0/s1. The maximum absolute atomic E-state index is 12.2. The lowest BCUT2D eigenvalue weighted by molar-refractivity contribution is -0.210. The molecule has 3 N–H and O–H groups in total. The van der Waals surface area contributed by atoms with Crippen molar-refractivity contribution in [3.8, 4) is 0 Å². The third-order valence-electron chi connectivity index (χ3n) is 2.02. The van der Waals surface area contributed by atoms with E-state index in [1.807, 2.05) is 0 Å². The SMILES string of the molecule is N[C@@H](c1cccc(Cl)c1Cl)[C@H](O)C(F)(F)F. The summed E-state index contributed by atoms with van der Waals surface area (Å²) < 4.78 is 36.6. The number of alkyl halides is 3. The van der Waals surface area contributed by atoms with Crippen LogP contribution in [0.5, 0.6) is 0 Å². The van der Waals surface area contributed by atoms with Crippen molar-refractivity contribution >= 4 is 23.2 Å². The molecule has 2 atom stereocenters. The third kappa shape index (κ3) is 2.79. The van der Waals surface area contributed by atoms with Gasteiger partial charge in [-0.2, -0.15) is 13.2 Å². The molecule has 0 unspecified atom stereocenters. The monoisotopic (exact) mass is 273 g/mol. The van der Waals surface area contributed by atoms with Crippen LogP contribution < -0.4 is 5.73 Å². The van der Waals surface area contributed by atoms with E-state index in [-0.39, 0.29) is 15.6 Å². The molecule has 2 nitrogen and oxygen atoms in total. The summed E-state index contributed by atoms with van der Waals surface area (Å²) in [5.74, 6) is 0. The van der Waals surface area contributed by atoms with Crippen LogP contribution in [0, 0.1) is 0 Å². The smallest absolute Gasteiger partial charge is 0.382 e. The second-order valence-corrected chi connectivity index (χ2v) is 3.94. The molecule has 0 aliphatic rings. The molecular formula is C9H8Cl2F3NO. The van der Waals surface area contributed by atoms with Gasteiger partial charge in [-0.3, -0.25) is 0 Å². The first-order chi connectivity index (χ1) is 7.25. The largest absolute Gasteiger partial charge is 0.416 e. The molecule has 0 amide bonds. The molecule has 0 saturated carbocycles. The summed E-state index contributed by atoms with van der Waals surface area (Å²) in [5, 5.41) is 8.97. The number of aliphatic hydroxyl groups is 1. The Hall–Kier alpha value is -0.490. The molecule has 1 aromatic carbocycles. The predicted octanol–water partition coefficient (Wildman–Crippen LogP) is 2.92. The Kier molecular flexibility index (Phi) is 4.07. The third-order valence-corrected chi connectivity index (χ3v) is 2.85. The van der Waals surface area contributed by atoms with Crippen molar-refractivity contribution in [3.05, 3.63) is 33.8 Å². The fourth-order valence-corrected chi connectivity index (χ4v) is 1.59. The van der Waals surface area contributed by atoms with Crippen LogP contribution in [0.3, 0.4) is 0 Å². The van der Waals surface area contributed by atoms with E-state index < -0.39 is 18.3 Å². The predicted molar refractivity (Wildman–Crippen MR) is 55.5 cm³/mol. The first-order valence-corrected chi connectivity index (χ1v) is 4.95. The highest BCUT2D eigenvalue weighted by Gasteiger charge is 2.43. The van der Waals surface area contributed by atoms with Crippen LogP contribution in [0.2, 0.25) is 10.0 Å². The average molecular weight is 274 g/mol. The lowest BCUT2D eigenvalue weighted by Gasteiger charge is -2.22. The van der Waals surface area contributed by atoms with E-state index >= 15 is 0 Å². The Morgan fingerprint density at radius 2 is 1.81 bits per heavy atom. The number of nitrogens with two attached hydrogens (primary N) is 1. The molecule has 0 aliphatic heterocycles. The Balaban J connectivity index is 3.06. The van der Waals surface area contributed by atoms with Gasteiger partial charge in [-0.1, -0.05) is 35.3 Å². The maximum Gasteiger partial charge on any atom is 0.416 e. The Labute approximate surface area is 99.8 Å². The van der Waals surface area contributed by atoms with Gasteiger partial charge >= 0.3 is 6.18 Å². The van der Waals surface area contributed by atoms with Crippen molar-refractivity contribution in [2.24, 2.45) is 5.73 Å². The van der Waals surface area contributed by atoms with Gasteiger partial charge in [0.25, 0.3) is 0 Å². The van der Waals surface area contributed by atoms with E-state index in [4.69, 9.17) is 34.0 Å². The highest BCUT2D eigenvalue weighted by molar-refractivity contribution is 6.42. The van der Waals surface area contributed by atoms with Crippen LogP contribution in [0.15, 0.2) is 18.2 Å². The topological polar surface area (TPSA) is 46.2 Å². The van der Waals surface area contributed by atoms with Crippen LogP contribution in [0.25, 0.3) is 0 Å². The molecule has 0 bridgehead atoms. The minimum atomic E-state index is -4.80. The molecule has 90 valence electrons. The van der Waals surface area contributed by atoms with Gasteiger partial charge in [-0.15, -0.1) is 0 Å². The minimum Gasteiger partial charge on any atom is -0.382 e. The van der Waals surface area contributed by atoms with Crippen molar-refractivity contribution in [1.29, 1.82) is 0 Å². The number of halogens is 5. The highest BCUT2D eigenvalue weighted by atomic mass is 35.5. The Morgan fingerprint density at radius 1 is 1.25 bits per heavy atom. The molecule has 1 rings (SSSR count). The van der Waals surface area contributed by atoms with Crippen molar-refractivity contribution < 1.29 is 18.3 Å². The van der Waals surface area contributed by atoms with Gasteiger partial charge in [0.1, 0.15) is 0 Å².